The van der Waals surface area contributed by atoms with Crippen LogP contribution in [0.25, 0.3) is 0 Å². The first-order valence-electron chi connectivity index (χ1n) is 8.05. The van der Waals surface area contributed by atoms with E-state index in [1.165, 1.54) is 0 Å². The van der Waals surface area contributed by atoms with Crippen molar-refractivity contribution in [1.29, 1.82) is 0 Å². The predicted molar refractivity (Wildman–Crippen MR) is 103 cm³/mol. The molecule has 2 rings (SSSR count). The number of terminal acetylenes is 1. The van der Waals surface area contributed by atoms with Crippen molar-refractivity contribution < 1.29 is 56.3 Å². The number of phosphoric ester groups is 1. The molecule has 180 valence electrons. The van der Waals surface area contributed by atoms with Gasteiger partial charge in [-0.05, 0) is 6.92 Å². The smallest absolute Gasteiger partial charge is 0.387 e. The van der Waals surface area contributed by atoms with Gasteiger partial charge in [0.2, 0.25) is 0 Å². The van der Waals surface area contributed by atoms with Crippen molar-refractivity contribution in [1.82, 2.24) is 9.55 Å². The van der Waals surface area contributed by atoms with E-state index in [2.05, 4.69) is 13.1 Å². The minimum atomic E-state index is -5.78. The van der Waals surface area contributed by atoms with Gasteiger partial charge in [0.15, 0.2) is 11.1 Å². The van der Waals surface area contributed by atoms with Crippen LogP contribution in [0.4, 0.5) is 0 Å². The molecule has 0 amide bonds. The topological polar surface area (TPSA) is 244 Å². The number of aliphatic hydroxyl groups excluding tert-OH is 1. The average molecular weight is 541 g/mol. The average Bonchev–Trinajstić information content (AvgIpc) is 2.84. The lowest BCUT2D eigenvalue weighted by atomic mass is 9.97. The van der Waals surface area contributed by atoms with E-state index < -0.39 is 64.1 Å². The highest BCUT2D eigenvalue weighted by Gasteiger charge is 2.58. The minimum Gasteiger partial charge on any atom is -0.387 e. The number of aliphatic hydroxyl groups is 1. The Morgan fingerprint density at radius 1 is 1.25 bits per heavy atom. The summed E-state index contributed by atoms with van der Waals surface area (Å²) in [4.78, 5) is 59.0. The number of nitrogens with zero attached hydrogens (tertiary/aromatic N) is 1. The highest BCUT2D eigenvalue weighted by atomic mass is 35.5. The zero-order chi connectivity index (χ0) is 24.7. The first-order chi connectivity index (χ1) is 14.4. The van der Waals surface area contributed by atoms with Crippen LogP contribution in [0.1, 0.15) is 13.2 Å². The summed E-state index contributed by atoms with van der Waals surface area (Å²) in [6.07, 6.45) is -0.520. The number of ether oxygens (including phenoxy) is 1. The fourth-order valence-corrected chi connectivity index (χ4v) is 6.16. The molecule has 0 spiro atoms. The number of alkyl halides is 1. The third-order valence-corrected chi connectivity index (χ3v) is 8.34. The molecule has 20 heteroatoms. The maximum absolute atomic E-state index is 12.1. The van der Waals surface area contributed by atoms with Crippen LogP contribution in [0.15, 0.2) is 21.9 Å². The van der Waals surface area contributed by atoms with Gasteiger partial charge >= 0.3 is 29.2 Å². The lowest BCUT2D eigenvalue weighted by molar-refractivity contribution is -0.0749. The molecule has 0 aromatic carbocycles. The molecule has 1 fully saturated rings. The maximum atomic E-state index is 12.1. The molecule has 0 bridgehead atoms. The molecule has 1 aliphatic heterocycles. The van der Waals surface area contributed by atoms with Crippen LogP contribution in [0, 0.1) is 12.3 Å². The molecule has 0 radical (unpaired) electrons. The van der Waals surface area contributed by atoms with E-state index in [9.17, 15) is 38.2 Å². The summed E-state index contributed by atoms with van der Waals surface area (Å²) in [5.41, 5.74) is -1.78. The second-order valence-corrected chi connectivity index (χ2v) is 11.2. The van der Waals surface area contributed by atoms with Gasteiger partial charge in [0, 0.05) is 12.3 Å². The van der Waals surface area contributed by atoms with Crippen LogP contribution >= 0.6 is 35.1 Å². The SMILES string of the molecule is C#CC1(Cl)[C@@H](O)[C@@H]([C@H](C)OP(=O)(O)OP(=O)(O)OP(=O)(O)O)O[C@H]1n1ccc(=O)[nH]c1=O. The number of phosphoric acid groups is 3. The number of hydrogen-bond donors (Lipinski definition) is 6. The Hall–Kier alpha value is -1.14. The molecule has 1 aliphatic rings. The molecule has 1 saturated heterocycles. The highest BCUT2D eigenvalue weighted by molar-refractivity contribution is 7.66. The number of hydrogen-bond acceptors (Lipinski definition) is 10. The van der Waals surface area contributed by atoms with Crippen molar-refractivity contribution in [2.45, 2.75) is 36.3 Å². The Balaban J connectivity index is 2.28. The van der Waals surface area contributed by atoms with Gasteiger partial charge in [-0.3, -0.25) is 18.9 Å². The normalized spacial score (nSPS) is 30.8. The van der Waals surface area contributed by atoms with E-state index in [4.69, 9.17) is 32.5 Å². The lowest BCUT2D eigenvalue weighted by Crippen LogP contribution is -2.45. The summed E-state index contributed by atoms with van der Waals surface area (Å²) < 4.78 is 52.0. The highest BCUT2D eigenvalue weighted by Crippen LogP contribution is 2.66. The third kappa shape index (κ3) is 6.25. The first kappa shape index (κ1) is 27.1. The quantitative estimate of drug-likeness (QED) is 0.133. The van der Waals surface area contributed by atoms with E-state index in [1.54, 1.807) is 0 Å². The summed E-state index contributed by atoms with van der Waals surface area (Å²) in [6.45, 7) is 1.01. The van der Waals surface area contributed by atoms with E-state index in [1.807, 2.05) is 10.9 Å². The van der Waals surface area contributed by atoms with Crippen LogP contribution in [0.5, 0.6) is 0 Å². The Morgan fingerprint density at radius 3 is 2.34 bits per heavy atom. The van der Waals surface area contributed by atoms with Crippen molar-refractivity contribution in [3.63, 3.8) is 0 Å². The summed E-state index contributed by atoms with van der Waals surface area (Å²) in [5.74, 6) is 2.02. The monoisotopic (exact) mass is 540 g/mol. The van der Waals surface area contributed by atoms with Crippen molar-refractivity contribution in [3.05, 3.63) is 33.1 Å². The summed E-state index contributed by atoms with van der Waals surface area (Å²) >= 11 is 6.23. The largest absolute Gasteiger partial charge is 0.490 e. The fourth-order valence-electron chi connectivity index (χ4n) is 2.68. The van der Waals surface area contributed by atoms with Crippen LogP contribution in [-0.4, -0.2) is 57.4 Å². The molecule has 7 atom stereocenters. The van der Waals surface area contributed by atoms with Gasteiger partial charge < -0.3 is 29.4 Å². The van der Waals surface area contributed by atoms with E-state index >= 15 is 0 Å². The molecule has 3 unspecified atom stereocenters. The van der Waals surface area contributed by atoms with Crippen LogP contribution in [0.2, 0.25) is 0 Å². The molecule has 2 heterocycles. The molecule has 0 aliphatic carbocycles. The number of halogens is 1. The maximum Gasteiger partial charge on any atom is 0.490 e. The number of nitrogens with one attached hydrogen (secondary N) is 1. The molecule has 1 aromatic rings. The zero-order valence-electron chi connectivity index (χ0n) is 15.6. The van der Waals surface area contributed by atoms with Crippen molar-refractivity contribution in [2.75, 3.05) is 0 Å². The van der Waals surface area contributed by atoms with Gasteiger partial charge in [0.25, 0.3) is 5.56 Å². The van der Waals surface area contributed by atoms with Crippen molar-refractivity contribution in [3.8, 4) is 12.3 Å². The van der Waals surface area contributed by atoms with Gasteiger partial charge in [-0.2, -0.15) is 8.62 Å². The zero-order valence-corrected chi connectivity index (χ0v) is 19.1. The Morgan fingerprint density at radius 2 is 1.84 bits per heavy atom. The molecular weight excluding hydrogens is 525 g/mol. The van der Waals surface area contributed by atoms with E-state index in [0.29, 0.717) is 0 Å². The van der Waals surface area contributed by atoms with Crippen LogP contribution < -0.4 is 11.2 Å². The molecule has 32 heavy (non-hydrogen) atoms. The van der Waals surface area contributed by atoms with Crippen LogP contribution in [-0.2, 0) is 31.6 Å². The lowest BCUT2D eigenvalue weighted by Gasteiger charge is -2.26. The van der Waals surface area contributed by atoms with Gasteiger partial charge in [-0.15, -0.1) is 6.42 Å². The fraction of sp³-hybridized carbons (Fsp3) is 0.500. The van der Waals surface area contributed by atoms with Crippen molar-refractivity contribution >= 4 is 35.1 Å². The standard InChI is InChI=1S/C12H16ClN2O14P3/c1-3-12(13)9(17)8(26-10(12)15-5-4-7(16)14-11(15)18)6(2)27-31(22,23)29-32(24,25)28-30(19,20)21/h1,4-6,8-10,17H,2H3,(H,22,23)(H,24,25)(H,14,16,18)(H2,19,20,21)/t6-,8+,9-,10+,12?/m0/s1. The van der Waals surface area contributed by atoms with Gasteiger partial charge in [0.1, 0.15) is 12.2 Å². The molecule has 6 N–H and O–H groups in total. The van der Waals surface area contributed by atoms with Gasteiger partial charge in [0.05, 0.1) is 6.10 Å². The Kier molecular flexibility index (Phi) is 7.83. The second kappa shape index (κ2) is 9.25. The number of H-pyrrole nitrogens is 1. The minimum absolute atomic E-state index is 0.731. The summed E-state index contributed by atoms with van der Waals surface area (Å²) in [6, 6.07) is 0.924. The predicted octanol–water partition coefficient (Wildman–Crippen LogP) is -0.863. The van der Waals surface area contributed by atoms with Gasteiger partial charge in [-0.25, -0.2) is 18.5 Å². The second-order valence-electron chi connectivity index (χ2n) is 6.23. The molecule has 16 nitrogen and oxygen atoms in total. The number of rotatable bonds is 8. The molecule has 1 aromatic heterocycles. The third-order valence-electron chi connectivity index (χ3n) is 3.89. The van der Waals surface area contributed by atoms with Gasteiger partial charge in [-0.1, -0.05) is 17.5 Å². The summed E-state index contributed by atoms with van der Waals surface area (Å²) in [5, 5.41) is 10.5. The van der Waals surface area contributed by atoms with Crippen molar-refractivity contribution in [2.24, 2.45) is 0 Å². The molecule has 0 saturated carbocycles. The van der Waals surface area contributed by atoms with Crippen LogP contribution in [0.3, 0.4) is 0 Å². The first-order valence-corrected chi connectivity index (χ1v) is 12.9. The Labute approximate surface area is 183 Å². The Bertz CT molecular complexity index is 1170. The van der Waals surface area contributed by atoms with E-state index in [0.717, 1.165) is 23.8 Å². The number of aromatic amines is 1. The molecular formula is C12H16ClN2O14P3. The number of aromatic nitrogens is 2. The van der Waals surface area contributed by atoms with E-state index in [-0.39, 0.29) is 0 Å². The summed E-state index contributed by atoms with van der Waals surface area (Å²) in [7, 11) is -17.0.